The van der Waals surface area contributed by atoms with Gasteiger partial charge in [0.1, 0.15) is 11.6 Å². The number of halogens is 1. The predicted molar refractivity (Wildman–Crippen MR) is 115 cm³/mol. The monoisotopic (exact) mass is 440 g/mol. The molecule has 0 aliphatic rings. The van der Waals surface area contributed by atoms with Crippen LogP contribution in [0.1, 0.15) is 44.5 Å². The molecule has 0 radical (unpaired) electrons. The van der Waals surface area contributed by atoms with Crippen LogP contribution >= 0.6 is 0 Å². The van der Waals surface area contributed by atoms with E-state index in [1.54, 1.807) is 6.07 Å². The lowest BCUT2D eigenvalue weighted by molar-refractivity contribution is 0.259. The average molecular weight is 441 g/mol. The first kappa shape index (κ1) is 23.7. The Labute approximate surface area is 176 Å². The van der Waals surface area contributed by atoms with Crippen molar-refractivity contribution in [2.24, 2.45) is 5.92 Å². The van der Waals surface area contributed by atoms with Crippen LogP contribution in [0.15, 0.2) is 18.2 Å². The van der Waals surface area contributed by atoms with E-state index < -0.39 is 15.8 Å². The van der Waals surface area contributed by atoms with E-state index in [1.165, 1.54) is 12.1 Å². The molecule has 0 bridgehead atoms. The molecule has 1 heterocycles. The third-order valence-electron chi connectivity index (χ3n) is 4.35. The highest BCUT2D eigenvalue weighted by molar-refractivity contribution is 7.91. The first-order valence-electron chi connectivity index (χ1n) is 9.62. The van der Waals surface area contributed by atoms with Crippen LogP contribution in [0, 0.1) is 11.7 Å². The molecule has 0 aliphatic heterocycles. The molecule has 9 nitrogen and oxygen atoms in total. The maximum atomic E-state index is 13.8. The summed E-state index contributed by atoms with van der Waals surface area (Å²) < 4.78 is 39.3. The van der Waals surface area contributed by atoms with Gasteiger partial charge in [-0.1, -0.05) is 26.8 Å². The molecule has 1 unspecified atom stereocenters. The van der Waals surface area contributed by atoms with Crippen molar-refractivity contribution < 1.29 is 17.9 Å². The first-order valence-corrected chi connectivity index (χ1v) is 11.5. The van der Waals surface area contributed by atoms with Gasteiger partial charge >= 0.3 is 0 Å². The second kappa shape index (κ2) is 9.98. The highest BCUT2D eigenvalue weighted by Crippen LogP contribution is 2.23. The molecular formula is C19H29FN6O3S. The second-order valence-corrected chi connectivity index (χ2v) is 9.56. The molecule has 0 fully saturated rings. The highest BCUT2D eigenvalue weighted by atomic mass is 32.2. The van der Waals surface area contributed by atoms with Gasteiger partial charge < -0.3 is 16.2 Å². The number of aliphatic hydroxyl groups is 1. The van der Waals surface area contributed by atoms with E-state index in [9.17, 15) is 17.9 Å². The van der Waals surface area contributed by atoms with Crippen molar-refractivity contribution in [3.63, 3.8) is 0 Å². The summed E-state index contributed by atoms with van der Waals surface area (Å²) in [6.45, 7) is 5.79. The van der Waals surface area contributed by atoms with Crippen molar-refractivity contribution in [2.75, 3.05) is 28.6 Å². The van der Waals surface area contributed by atoms with Gasteiger partial charge in [0.25, 0.3) is 0 Å². The summed E-state index contributed by atoms with van der Waals surface area (Å²) in [5.41, 5.74) is 6.31. The van der Waals surface area contributed by atoms with E-state index >= 15 is 0 Å². The Balaban J connectivity index is 2.31. The van der Waals surface area contributed by atoms with Crippen LogP contribution in [-0.2, 0) is 16.4 Å². The Morgan fingerprint density at radius 3 is 2.40 bits per heavy atom. The van der Waals surface area contributed by atoms with E-state index in [2.05, 4.69) is 25.0 Å². The number of hydrogen-bond donors (Lipinski definition) is 4. The third kappa shape index (κ3) is 7.38. The minimum Gasteiger partial charge on any atom is -0.396 e. The summed E-state index contributed by atoms with van der Waals surface area (Å²) >= 11 is 0. The number of aromatic nitrogens is 3. The number of nitrogen functional groups attached to an aromatic ring is 1. The van der Waals surface area contributed by atoms with E-state index in [0.717, 1.165) is 6.26 Å². The number of sulfonamides is 1. The summed E-state index contributed by atoms with van der Waals surface area (Å²) in [5.74, 6) is 0.0140. The molecule has 11 heteroatoms. The standard InChI is InChI=1S/C19H29FN6O3S/c1-11(2)7-14(10-27)22-18-23-17(24-19(25-18)26-30(4,28)29)8-12(3)13-5-6-16(21)15(20)9-13/h5-6,9,11-12,14,27H,7-8,10,21H2,1-4H3,(H2,22,23,24,25,26)/t12?,14-/m1/s1. The van der Waals surface area contributed by atoms with Crippen LogP contribution in [0.3, 0.4) is 0 Å². The highest BCUT2D eigenvalue weighted by Gasteiger charge is 2.17. The largest absolute Gasteiger partial charge is 0.396 e. The smallest absolute Gasteiger partial charge is 0.241 e. The van der Waals surface area contributed by atoms with Gasteiger partial charge in [-0.3, -0.25) is 4.72 Å². The third-order valence-corrected chi connectivity index (χ3v) is 4.90. The molecule has 1 aromatic carbocycles. The fourth-order valence-electron chi connectivity index (χ4n) is 2.96. The maximum absolute atomic E-state index is 13.8. The molecule has 1 aromatic heterocycles. The molecule has 166 valence electrons. The number of rotatable bonds is 10. The molecule has 0 aliphatic carbocycles. The Morgan fingerprint density at radius 2 is 1.83 bits per heavy atom. The average Bonchev–Trinajstić information content (AvgIpc) is 2.61. The van der Waals surface area contributed by atoms with Crippen molar-refractivity contribution in [1.29, 1.82) is 0 Å². The summed E-state index contributed by atoms with van der Waals surface area (Å²) in [6, 6.07) is 4.29. The fraction of sp³-hybridized carbons (Fsp3) is 0.526. The topological polar surface area (TPSA) is 143 Å². The van der Waals surface area contributed by atoms with Gasteiger partial charge in [0.2, 0.25) is 21.9 Å². The quantitative estimate of drug-likeness (QED) is 0.411. The van der Waals surface area contributed by atoms with Crippen molar-refractivity contribution in [2.45, 2.75) is 45.6 Å². The molecule has 0 amide bonds. The molecule has 30 heavy (non-hydrogen) atoms. The number of hydrogen-bond acceptors (Lipinski definition) is 8. The summed E-state index contributed by atoms with van der Waals surface area (Å²) in [7, 11) is -3.60. The number of nitrogens with zero attached hydrogens (tertiary/aromatic N) is 3. The zero-order chi connectivity index (χ0) is 22.5. The Morgan fingerprint density at radius 1 is 1.17 bits per heavy atom. The maximum Gasteiger partial charge on any atom is 0.241 e. The van der Waals surface area contributed by atoms with Crippen molar-refractivity contribution in [3.8, 4) is 0 Å². The van der Waals surface area contributed by atoms with E-state index in [1.807, 2.05) is 20.8 Å². The Kier molecular flexibility index (Phi) is 7.90. The minimum atomic E-state index is -3.60. The van der Waals surface area contributed by atoms with Crippen LogP contribution in [0.25, 0.3) is 0 Å². The molecular weight excluding hydrogens is 411 g/mol. The molecule has 0 spiro atoms. The van der Waals surface area contributed by atoms with E-state index in [-0.39, 0.29) is 36.2 Å². The lowest BCUT2D eigenvalue weighted by Gasteiger charge is -2.19. The van der Waals surface area contributed by atoms with Gasteiger partial charge in [-0.2, -0.15) is 15.0 Å². The first-order chi connectivity index (χ1) is 14.0. The second-order valence-electron chi connectivity index (χ2n) is 7.81. The van der Waals surface area contributed by atoms with Crippen molar-refractivity contribution in [3.05, 3.63) is 35.4 Å². The number of anilines is 3. The van der Waals surface area contributed by atoms with E-state index in [4.69, 9.17) is 5.73 Å². The van der Waals surface area contributed by atoms with Gasteiger partial charge in [0, 0.05) is 6.42 Å². The van der Waals surface area contributed by atoms with Crippen LogP contribution in [0.5, 0.6) is 0 Å². The number of nitrogens with one attached hydrogen (secondary N) is 2. The molecule has 2 aromatic rings. The Bertz CT molecular complexity index is 971. The van der Waals surface area contributed by atoms with Gasteiger partial charge in [-0.25, -0.2) is 12.8 Å². The van der Waals surface area contributed by atoms with Gasteiger partial charge in [0.15, 0.2) is 0 Å². The van der Waals surface area contributed by atoms with E-state index in [0.29, 0.717) is 30.1 Å². The molecule has 5 N–H and O–H groups in total. The van der Waals surface area contributed by atoms with Crippen molar-refractivity contribution in [1.82, 2.24) is 15.0 Å². The summed E-state index contributed by atoms with van der Waals surface area (Å²) in [5, 5.41) is 12.6. The molecule has 2 rings (SSSR count). The summed E-state index contributed by atoms with van der Waals surface area (Å²) in [4.78, 5) is 12.7. The zero-order valence-electron chi connectivity index (χ0n) is 17.6. The normalized spacial score (nSPS) is 13.8. The lowest BCUT2D eigenvalue weighted by Crippen LogP contribution is -2.27. The molecule has 0 saturated carbocycles. The molecule has 0 saturated heterocycles. The number of aliphatic hydroxyl groups excluding tert-OH is 1. The zero-order valence-corrected chi connectivity index (χ0v) is 18.4. The van der Waals surface area contributed by atoms with Crippen LogP contribution in [-0.4, -0.2) is 47.4 Å². The van der Waals surface area contributed by atoms with Crippen molar-refractivity contribution >= 4 is 27.6 Å². The SMILES string of the molecule is CC(C)C[C@H](CO)Nc1nc(CC(C)c2ccc(N)c(F)c2)nc(NS(C)(=O)=O)n1. The van der Waals surface area contributed by atoms with Crippen LogP contribution in [0.4, 0.5) is 22.0 Å². The predicted octanol–water partition coefficient (Wildman–Crippen LogP) is 2.13. The number of nitrogens with two attached hydrogens (primary N) is 1. The molecule has 2 atom stereocenters. The van der Waals surface area contributed by atoms with Crippen LogP contribution < -0.4 is 15.8 Å². The van der Waals surface area contributed by atoms with Gasteiger partial charge in [-0.15, -0.1) is 0 Å². The van der Waals surface area contributed by atoms with Crippen LogP contribution in [0.2, 0.25) is 0 Å². The van der Waals surface area contributed by atoms with Gasteiger partial charge in [0.05, 0.1) is 24.6 Å². The fourth-order valence-corrected chi connectivity index (χ4v) is 3.38. The minimum absolute atomic E-state index is 0.0671. The lowest BCUT2D eigenvalue weighted by atomic mass is 9.97. The Hall–Kier alpha value is -2.53. The summed E-state index contributed by atoms with van der Waals surface area (Å²) in [6.07, 6.45) is 1.99. The van der Waals surface area contributed by atoms with Gasteiger partial charge in [-0.05, 0) is 36.0 Å². The number of benzene rings is 1.